The topological polar surface area (TPSA) is 133 Å². The van der Waals surface area contributed by atoms with Crippen LogP contribution in [0, 0.1) is 0 Å². The zero-order chi connectivity index (χ0) is 11.0. The van der Waals surface area contributed by atoms with Crippen LogP contribution in [0.15, 0.2) is 4.79 Å². The summed E-state index contributed by atoms with van der Waals surface area (Å²) in [5.41, 5.74) is 4.84. The van der Waals surface area contributed by atoms with Gasteiger partial charge in [-0.3, -0.25) is 4.79 Å². The lowest BCUT2D eigenvalue weighted by molar-refractivity contribution is -0.137. The van der Waals surface area contributed by atoms with E-state index in [4.69, 9.17) is 10.8 Å². The number of fused-ring (bicyclic) bond motifs is 1. The highest BCUT2D eigenvalue weighted by molar-refractivity contribution is 5.82. The minimum absolute atomic E-state index is 0.0122. The molecule has 0 spiro atoms. The van der Waals surface area contributed by atoms with Gasteiger partial charge >= 0.3 is 5.97 Å². The van der Waals surface area contributed by atoms with E-state index in [9.17, 15) is 9.59 Å². The lowest BCUT2D eigenvalue weighted by Crippen LogP contribution is -2.42. The number of aliphatic carboxylic acids is 1. The Hall–Kier alpha value is -2.25. The van der Waals surface area contributed by atoms with E-state index >= 15 is 0 Å². The van der Waals surface area contributed by atoms with E-state index in [1.54, 1.807) is 0 Å². The van der Waals surface area contributed by atoms with Crippen LogP contribution in [0.2, 0.25) is 0 Å². The number of aromatic amines is 1. The molecule has 1 aliphatic heterocycles. The average molecular weight is 211 g/mol. The molecule has 8 nitrogen and oxygen atoms in total. The van der Waals surface area contributed by atoms with Crippen LogP contribution in [0.5, 0.6) is 0 Å². The van der Waals surface area contributed by atoms with Crippen molar-refractivity contribution < 1.29 is 9.90 Å². The molecule has 1 unspecified atom stereocenters. The number of nitrogens with two attached hydrogens (primary N) is 1. The van der Waals surface area contributed by atoms with Crippen LogP contribution in [-0.2, 0) is 4.79 Å². The third-order valence-corrected chi connectivity index (χ3v) is 2.04. The molecule has 0 fully saturated rings. The third-order valence-electron chi connectivity index (χ3n) is 2.04. The number of hydrogen-bond donors (Lipinski definition) is 5. The van der Waals surface area contributed by atoms with Crippen LogP contribution in [0.4, 0.5) is 17.5 Å². The molecule has 1 aromatic heterocycles. The standard InChI is InChI=1S/C7H9N5O3/c8-7-11-4-3(5(13)12-7)10-2(1-9-4)6(14)15/h2,10H,1H2,(H,14,15)(H4,8,9,11,12,13). The quantitative estimate of drug-likeness (QED) is 0.387. The van der Waals surface area contributed by atoms with Gasteiger partial charge in [-0.2, -0.15) is 4.98 Å². The Labute approximate surface area is 83.5 Å². The molecule has 1 atom stereocenters. The Morgan fingerprint density at radius 1 is 1.60 bits per heavy atom. The summed E-state index contributed by atoms with van der Waals surface area (Å²) < 4.78 is 0. The summed E-state index contributed by atoms with van der Waals surface area (Å²) >= 11 is 0. The zero-order valence-electron chi connectivity index (χ0n) is 7.57. The van der Waals surface area contributed by atoms with Crippen molar-refractivity contribution in [3.63, 3.8) is 0 Å². The summed E-state index contributed by atoms with van der Waals surface area (Å²) in [6.07, 6.45) is 0. The summed E-state index contributed by atoms with van der Waals surface area (Å²) in [5, 5.41) is 14.1. The predicted octanol–water partition coefficient (Wildman–Crippen LogP) is -1.36. The Balaban J connectivity index is 2.42. The molecular weight excluding hydrogens is 202 g/mol. The Morgan fingerprint density at radius 3 is 3.00 bits per heavy atom. The normalized spacial score (nSPS) is 18.5. The lowest BCUT2D eigenvalue weighted by Gasteiger charge is -2.24. The summed E-state index contributed by atoms with van der Waals surface area (Å²) in [7, 11) is 0. The first kappa shape index (κ1) is 9.31. The summed E-state index contributed by atoms with van der Waals surface area (Å²) in [5.74, 6) is -0.684. The number of aromatic nitrogens is 2. The van der Waals surface area contributed by atoms with Crippen LogP contribution in [0.1, 0.15) is 0 Å². The fraction of sp³-hybridized carbons (Fsp3) is 0.286. The number of H-pyrrole nitrogens is 1. The van der Waals surface area contributed by atoms with Gasteiger partial charge in [0, 0.05) is 6.54 Å². The smallest absolute Gasteiger partial charge is 0.327 e. The van der Waals surface area contributed by atoms with E-state index in [0.29, 0.717) is 5.82 Å². The number of hydrogen-bond acceptors (Lipinski definition) is 6. The number of nitrogen functional groups attached to an aromatic ring is 1. The highest BCUT2D eigenvalue weighted by atomic mass is 16.4. The van der Waals surface area contributed by atoms with E-state index < -0.39 is 17.6 Å². The highest BCUT2D eigenvalue weighted by Gasteiger charge is 2.25. The van der Waals surface area contributed by atoms with E-state index in [1.165, 1.54) is 0 Å². The van der Waals surface area contributed by atoms with Gasteiger partial charge in [0.15, 0.2) is 0 Å². The molecule has 1 aliphatic rings. The fourth-order valence-electron chi connectivity index (χ4n) is 1.34. The van der Waals surface area contributed by atoms with Crippen molar-refractivity contribution in [1.29, 1.82) is 0 Å². The van der Waals surface area contributed by atoms with Crippen molar-refractivity contribution in [1.82, 2.24) is 9.97 Å². The van der Waals surface area contributed by atoms with E-state index in [-0.39, 0.29) is 18.2 Å². The largest absolute Gasteiger partial charge is 0.480 e. The Bertz CT molecular complexity index is 468. The predicted molar refractivity (Wildman–Crippen MR) is 52.8 cm³/mol. The molecule has 0 saturated carbocycles. The van der Waals surface area contributed by atoms with Gasteiger partial charge in [-0.15, -0.1) is 0 Å². The van der Waals surface area contributed by atoms with E-state index in [2.05, 4.69) is 20.6 Å². The molecule has 15 heavy (non-hydrogen) atoms. The summed E-state index contributed by atoms with van der Waals surface area (Å²) in [6.45, 7) is 0.168. The van der Waals surface area contributed by atoms with Gasteiger partial charge in [-0.1, -0.05) is 0 Å². The SMILES string of the molecule is Nc1nc(=O)c2c([nH]1)NCC(C(=O)O)N2. The number of nitrogens with one attached hydrogen (secondary N) is 3. The Morgan fingerprint density at radius 2 is 2.33 bits per heavy atom. The van der Waals surface area contributed by atoms with Crippen LogP contribution in [-0.4, -0.2) is 33.6 Å². The van der Waals surface area contributed by atoms with E-state index in [0.717, 1.165) is 0 Å². The first-order valence-electron chi connectivity index (χ1n) is 4.21. The molecule has 0 aromatic carbocycles. The van der Waals surface area contributed by atoms with Crippen molar-refractivity contribution in [3.05, 3.63) is 10.4 Å². The summed E-state index contributed by atoms with van der Waals surface area (Å²) in [6, 6.07) is -0.843. The van der Waals surface area contributed by atoms with Crippen LogP contribution >= 0.6 is 0 Å². The molecule has 6 N–H and O–H groups in total. The molecule has 8 heteroatoms. The van der Waals surface area contributed by atoms with Gasteiger partial charge < -0.3 is 26.5 Å². The maximum absolute atomic E-state index is 11.3. The van der Waals surface area contributed by atoms with Crippen LogP contribution < -0.4 is 21.9 Å². The molecular formula is C7H9N5O3. The molecule has 80 valence electrons. The average Bonchev–Trinajstić information content (AvgIpc) is 2.16. The first-order valence-corrected chi connectivity index (χ1v) is 4.21. The molecule has 0 amide bonds. The number of carboxylic acid groups (broad SMARTS) is 1. The molecule has 0 saturated heterocycles. The van der Waals surface area contributed by atoms with Crippen molar-refractivity contribution in [2.45, 2.75) is 6.04 Å². The van der Waals surface area contributed by atoms with E-state index in [1.807, 2.05) is 0 Å². The summed E-state index contributed by atoms with van der Waals surface area (Å²) in [4.78, 5) is 28.1. The number of anilines is 3. The van der Waals surface area contributed by atoms with Gasteiger partial charge in [0.05, 0.1) is 0 Å². The molecule has 2 rings (SSSR count). The maximum atomic E-state index is 11.3. The van der Waals surface area contributed by atoms with Crippen molar-refractivity contribution in [2.24, 2.45) is 0 Å². The van der Waals surface area contributed by atoms with Gasteiger partial charge in [0.2, 0.25) is 5.95 Å². The number of rotatable bonds is 1. The van der Waals surface area contributed by atoms with Crippen molar-refractivity contribution in [3.8, 4) is 0 Å². The first-order chi connectivity index (χ1) is 7.08. The lowest BCUT2D eigenvalue weighted by atomic mass is 10.2. The Kier molecular flexibility index (Phi) is 1.96. The van der Waals surface area contributed by atoms with Gasteiger partial charge in [-0.25, -0.2) is 4.79 Å². The van der Waals surface area contributed by atoms with Crippen molar-refractivity contribution in [2.75, 3.05) is 22.9 Å². The van der Waals surface area contributed by atoms with Gasteiger partial charge in [0.25, 0.3) is 5.56 Å². The molecule has 0 aliphatic carbocycles. The maximum Gasteiger partial charge on any atom is 0.327 e. The van der Waals surface area contributed by atoms with Crippen molar-refractivity contribution >= 4 is 23.4 Å². The minimum Gasteiger partial charge on any atom is -0.480 e. The molecule has 0 bridgehead atoms. The minimum atomic E-state index is -1.04. The number of carboxylic acids is 1. The monoisotopic (exact) mass is 211 g/mol. The van der Waals surface area contributed by atoms with Crippen LogP contribution in [0.3, 0.4) is 0 Å². The number of carbonyl (C=O) groups is 1. The van der Waals surface area contributed by atoms with Gasteiger partial charge in [-0.05, 0) is 0 Å². The zero-order valence-corrected chi connectivity index (χ0v) is 7.57. The fourth-order valence-corrected chi connectivity index (χ4v) is 1.34. The molecule has 1 aromatic rings. The second kappa shape index (κ2) is 3.15. The number of nitrogens with zero attached hydrogens (tertiary/aromatic N) is 1. The second-order valence-corrected chi connectivity index (χ2v) is 3.09. The highest BCUT2D eigenvalue weighted by Crippen LogP contribution is 2.19. The third kappa shape index (κ3) is 1.56. The van der Waals surface area contributed by atoms with Crippen LogP contribution in [0.25, 0.3) is 0 Å². The molecule has 2 heterocycles. The molecule has 0 radical (unpaired) electrons. The second-order valence-electron chi connectivity index (χ2n) is 3.09. The van der Waals surface area contributed by atoms with Gasteiger partial charge in [0.1, 0.15) is 17.5 Å².